The second kappa shape index (κ2) is 14.4. The molecule has 0 amide bonds. The minimum atomic E-state index is -5.15. The average molecular weight is 851 g/mol. The van der Waals surface area contributed by atoms with Crippen molar-refractivity contribution in [2.75, 3.05) is 0 Å². The van der Waals surface area contributed by atoms with E-state index in [4.69, 9.17) is 0 Å². The molecule has 10 aromatic rings. The van der Waals surface area contributed by atoms with Gasteiger partial charge in [-0.25, -0.2) is 22.0 Å². The number of rotatable bonds is 5. The van der Waals surface area contributed by atoms with Crippen molar-refractivity contribution in [3.8, 4) is 44.8 Å². The van der Waals surface area contributed by atoms with Crippen molar-refractivity contribution < 1.29 is 35.1 Å². The Hall–Kier alpha value is -7.20. The number of hydrogen-bond acceptors (Lipinski definition) is 0. The van der Waals surface area contributed by atoms with Crippen LogP contribution in [-0.4, -0.2) is 9.13 Å². The molecule has 0 aliphatic heterocycles. The van der Waals surface area contributed by atoms with E-state index in [1.54, 1.807) is 72.8 Å². The maximum Gasteiger partial charge on any atom is 0.420 e. The van der Waals surface area contributed by atoms with Gasteiger partial charge < -0.3 is 9.13 Å². The molecule has 10 rings (SSSR count). The van der Waals surface area contributed by atoms with Gasteiger partial charge in [0.15, 0.2) is 23.3 Å². The van der Waals surface area contributed by atoms with Crippen LogP contribution < -0.4 is 0 Å². The maximum absolute atomic E-state index is 16.3. The molecule has 0 saturated heterocycles. The highest BCUT2D eigenvalue weighted by Gasteiger charge is 2.40. The van der Waals surface area contributed by atoms with Crippen molar-refractivity contribution >= 4 is 43.6 Å². The van der Waals surface area contributed by atoms with E-state index in [2.05, 4.69) is 0 Å². The summed E-state index contributed by atoms with van der Waals surface area (Å²) >= 11 is 0. The summed E-state index contributed by atoms with van der Waals surface area (Å²) in [4.78, 5) is 0. The van der Waals surface area contributed by atoms with Gasteiger partial charge >= 0.3 is 6.18 Å². The van der Waals surface area contributed by atoms with E-state index in [0.717, 1.165) is 56.6 Å². The van der Waals surface area contributed by atoms with Crippen LogP contribution in [0.2, 0.25) is 0 Å². The molecule has 63 heavy (non-hydrogen) atoms. The van der Waals surface area contributed by atoms with E-state index in [-0.39, 0.29) is 0 Å². The van der Waals surface area contributed by atoms with Crippen LogP contribution >= 0.6 is 0 Å². The Morgan fingerprint density at radius 2 is 0.778 bits per heavy atom. The smallest absolute Gasteiger partial charge is 0.309 e. The van der Waals surface area contributed by atoms with Crippen molar-refractivity contribution in [1.29, 1.82) is 0 Å². The molecule has 0 N–H and O–H groups in total. The Labute approximate surface area is 355 Å². The summed E-state index contributed by atoms with van der Waals surface area (Å²) in [7, 11) is 0. The second-order valence-electron chi connectivity index (χ2n) is 16.1. The molecule has 2 aromatic heterocycles. The fourth-order valence-corrected chi connectivity index (χ4v) is 9.33. The van der Waals surface area contributed by atoms with Gasteiger partial charge in [-0.05, 0) is 115 Å². The highest BCUT2D eigenvalue weighted by Crippen LogP contribution is 2.48. The SMILES string of the molecule is Cc1ccc(-c2ccc3c(c2)c2ccccc2n3-c2cc(-c3c(F)c(F)c(F)c(F)c3F)cc(-n3c4ccccc4c4cc(-c5ccc(C)cc5C)ccc43)c2C(F)(F)F)c(C)c1. The number of aromatic nitrogens is 2. The van der Waals surface area contributed by atoms with Gasteiger partial charge in [0.2, 0.25) is 5.82 Å². The standard InChI is InChI=1S/C53H34F8N2/c1-27-13-17-34(29(3)21-27)31-15-19-42-38(23-31)36-9-5-7-11-40(36)62(42)44-25-33(46-48(54)50(56)52(58)51(57)49(46)55)26-45(47(44)53(59,60)61)63-41-12-8-6-10-37(41)39-24-32(16-20-43(39)63)35-18-14-28(2)22-30(35)4/h5-26H,1-4H3. The zero-order valence-electron chi connectivity index (χ0n) is 34.1. The lowest BCUT2D eigenvalue weighted by Crippen LogP contribution is -2.16. The van der Waals surface area contributed by atoms with Gasteiger partial charge in [-0.2, -0.15) is 13.2 Å². The minimum absolute atomic E-state index is 0.316. The van der Waals surface area contributed by atoms with Crippen LogP contribution in [0.5, 0.6) is 0 Å². The number of benzene rings is 8. The van der Waals surface area contributed by atoms with Crippen molar-refractivity contribution in [3.63, 3.8) is 0 Å². The van der Waals surface area contributed by atoms with Crippen LogP contribution in [0, 0.1) is 56.8 Å². The molecule has 2 heterocycles. The summed E-state index contributed by atoms with van der Waals surface area (Å²) < 4.78 is 128. The summed E-state index contributed by atoms with van der Waals surface area (Å²) in [6, 6.07) is 38.0. The van der Waals surface area contributed by atoms with E-state index >= 15 is 30.7 Å². The first-order chi connectivity index (χ1) is 30.1. The fourth-order valence-electron chi connectivity index (χ4n) is 9.33. The lowest BCUT2D eigenvalue weighted by Gasteiger charge is -2.23. The molecule has 0 aliphatic rings. The summed E-state index contributed by atoms with van der Waals surface area (Å²) in [5.74, 6) is -11.2. The monoisotopic (exact) mass is 850 g/mol. The van der Waals surface area contributed by atoms with Crippen LogP contribution in [0.25, 0.3) is 88.4 Å². The predicted octanol–water partition coefficient (Wildman–Crippen LogP) is 15.8. The molecule has 10 heteroatoms. The third-order valence-electron chi connectivity index (χ3n) is 12.1. The zero-order chi connectivity index (χ0) is 44.2. The van der Waals surface area contributed by atoms with E-state index in [0.29, 0.717) is 43.6 Å². The summed E-state index contributed by atoms with van der Waals surface area (Å²) in [6.07, 6.45) is -5.15. The van der Waals surface area contributed by atoms with E-state index in [9.17, 15) is 4.39 Å². The maximum atomic E-state index is 16.3. The summed E-state index contributed by atoms with van der Waals surface area (Å²) in [5.41, 5.74) is 4.43. The molecule has 0 aliphatic carbocycles. The lowest BCUT2D eigenvalue weighted by atomic mass is 9.96. The number of hydrogen-bond donors (Lipinski definition) is 0. The first-order valence-corrected chi connectivity index (χ1v) is 20.1. The third kappa shape index (κ3) is 6.21. The Morgan fingerprint density at radius 1 is 0.381 bits per heavy atom. The van der Waals surface area contributed by atoms with Crippen molar-refractivity contribution in [3.05, 3.63) is 190 Å². The zero-order valence-corrected chi connectivity index (χ0v) is 34.1. The van der Waals surface area contributed by atoms with Crippen LogP contribution in [0.1, 0.15) is 27.8 Å². The normalized spacial score (nSPS) is 12.1. The number of para-hydroxylation sites is 2. The van der Waals surface area contributed by atoms with Gasteiger partial charge in [0.05, 0.1) is 39.0 Å². The second-order valence-corrected chi connectivity index (χ2v) is 16.1. The Balaban J connectivity index is 1.36. The quantitative estimate of drug-likeness (QED) is 0.0927. The third-order valence-corrected chi connectivity index (χ3v) is 12.1. The predicted molar refractivity (Wildman–Crippen MR) is 235 cm³/mol. The minimum Gasteiger partial charge on any atom is -0.309 e. The van der Waals surface area contributed by atoms with Gasteiger partial charge in [-0.1, -0.05) is 96.1 Å². The Bertz CT molecular complexity index is 3330. The van der Waals surface area contributed by atoms with Gasteiger partial charge in [-0.3, -0.25) is 0 Å². The topological polar surface area (TPSA) is 9.86 Å². The van der Waals surface area contributed by atoms with Gasteiger partial charge in [0.1, 0.15) is 5.56 Å². The van der Waals surface area contributed by atoms with Crippen molar-refractivity contribution in [2.45, 2.75) is 33.9 Å². The largest absolute Gasteiger partial charge is 0.420 e. The van der Waals surface area contributed by atoms with Crippen LogP contribution in [-0.2, 0) is 6.18 Å². The summed E-state index contributed by atoms with van der Waals surface area (Å²) in [6.45, 7) is 7.89. The Kier molecular flexibility index (Phi) is 9.15. The molecule has 0 fully saturated rings. The highest BCUT2D eigenvalue weighted by atomic mass is 19.4. The molecule has 0 bridgehead atoms. The number of halogens is 8. The van der Waals surface area contributed by atoms with Gasteiger partial charge in [0.25, 0.3) is 0 Å². The van der Waals surface area contributed by atoms with E-state index in [1.807, 2.05) is 76.2 Å². The molecule has 312 valence electrons. The fraction of sp³-hybridized carbons (Fsp3) is 0.0943. The lowest BCUT2D eigenvalue weighted by molar-refractivity contribution is -0.137. The van der Waals surface area contributed by atoms with Gasteiger partial charge in [0, 0.05) is 21.5 Å². The first-order valence-electron chi connectivity index (χ1n) is 20.1. The average Bonchev–Trinajstić information content (AvgIpc) is 3.76. The highest BCUT2D eigenvalue weighted by molar-refractivity contribution is 6.12. The van der Waals surface area contributed by atoms with Crippen molar-refractivity contribution in [2.24, 2.45) is 0 Å². The number of aryl methyl sites for hydroxylation is 4. The molecular formula is C53H34F8N2. The number of alkyl halides is 3. The molecule has 0 unspecified atom stereocenters. The number of nitrogens with zero attached hydrogens (tertiary/aromatic N) is 2. The molecule has 0 saturated carbocycles. The Morgan fingerprint density at radius 3 is 1.19 bits per heavy atom. The van der Waals surface area contributed by atoms with Gasteiger partial charge in [-0.15, -0.1) is 0 Å². The molecule has 2 nitrogen and oxygen atoms in total. The number of fused-ring (bicyclic) bond motifs is 6. The van der Waals surface area contributed by atoms with Crippen LogP contribution in [0.3, 0.4) is 0 Å². The molecule has 0 radical (unpaired) electrons. The summed E-state index contributed by atoms with van der Waals surface area (Å²) in [5, 5.41) is 2.31. The van der Waals surface area contributed by atoms with Crippen molar-refractivity contribution in [1.82, 2.24) is 9.13 Å². The molecule has 8 aromatic carbocycles. The van der Waals surface area contributed by atoms with E-state index < -0.39 is 63.3 Å². The van der Waals surface area contributed by atoms with Crippen LogP contribution in [0.15, 0.2) is 133 Å². The molecule has 0 atom stereocenters. The molecule has 0 spiro atoms. The first kappa shape index (κ1) is 39.9. The van der Waals surface area contributed by atoms with Crippen LogP contribution in [0.4, 0.5) is 35.1 Å². The van der Waals surface area contributed by atoms with E-state index in [1.165, 1.54) is 9.13 Å². The molecular weight excluding hydrogens is 817 g/mol.